The van der Waals surface area contributed by atoms with Crippen molar-refractivity contribution in [1.82, 2.24) is 14.7 Å². The van der Waals surface area contributed by atoms with Gasteiger partial charge in [-0.2, -0.15) is 5.10 Å². The monoisotopic (exact) mass is 267 g/mol. The number of rotatable bonds is 3. The molecule has 1 atom stereocenters. The normalized spacial score (nSPS) is 23.3. The number of hydrogen-bond acceptors (Lipinski definition) is 5. The Labute approximate surface area is 112 Å². The number of aliphatic hydroxyl groups excluding tert-OH is 2. The van der Waals surface area contributed by atoms with E-state index in [9.17, 15) is 5.11 Å². The van der Waals surface area contributed by atoms with Crippen LogP contribution < -0.4 is 0 Å². The topological polar surface area (TPSA) is 70.8 Å². The number of aliphatic hydroxyl groups is 2. The Morgan fingerprint density at radius 3 is 2.89 bits per heavy atom. The van der Waals surface area contributed by atoms with E-state index < -0.39 is 6.10 Å². The van der Waals surface area contributed by atoms with Gasteiger partial charge in [-0.05, 0) is 18.9 Å². The second-order valence-corrected chi connectivity index (χ2v) is 5.30. The molecule has 0 aromatic carbocycles. The molecule has 2 aliphatic heterocycles. The van der Waals surface area contributed by atoms with Gasteiger partial charge in [0.1, 0.15) is 6.10 Å². The third-order valence-electron chi connectivity index (χ3n) is 4.07. The van der Waals surface area contributed by atoms with Crippen LogP contribution in [-0.2, 0) is 17.8 Å². The molecule has 3 heterocycles. The Balaban J connectivity index is 1.70. The van der Waals surface area contributed by atoms with Crippen LogP contribution in [-0.4, -0.2) is 57.3 Å². The second-order valence-electron chi connectivity index (χ2n) is 5.30. The first kappa shape index (κ1) is 13.1. The molecule has 1 aromatic heterocycles. The Bertz CT molecular complexity index is 429. The molecule has 1 aromatic rings. The number of aromatic nitrogens is 2. The van der Waals surface area contributed by atoms with E-state index in [1.807, 2.05) is 10.7 Å². The van der Waals surface area contributed by atoms with E-state index in [2.05, 4.69) is 10.00 Å². The smallest absolute Gasteiger partial charge is 0.121 e. The molecule has 0 spiro atoms. The maximum atomic E-state index is 9.64. The molecule has 2 N–H and O–H groups in total. The molecule has 0 aliphatic carbocycles. The van der Waals surface area contributed by atoms with Crippen molar-refractivity contribution in [3.8, 4) is 0 Å². The lowest BCUT2D eigenvalue weighted by molar-refractivity contribution is 0.0232. The molecule has 0 amide bonds. The van der Waals surface area contributed by atoms with Crippen molar-refractivity contribution in [3.63, 3.8) is 0 Å². The van der Waals surface area contributed by atoms with Crippen LogP contribution in [0.1, 0.15) is 30.3 Å². The molecule has 106 valence electrons. The van der Waals surface area contributed by atoms with Gasteiger partial charge in [-0.25, -0.2) is 0 Å². The van der Waals surface area contributed by atoms with Crippen molar-refractivity contribution < 1.29 is 14.9 Å². The third-order valence-corrected chi connectivity index (χ3v) is 4.07. The quantitative estimate of drug-likeness (QED) is 0.800. The number of hydrogen-bond donors (Lipinski definition) is 2. The van der Waals surface area contributed by atoms with Crippen LogP contribution >= 0.6 is 0 Å². The minimum atomic E-state index is -0.866. The lowest BCUT2D eigenvalue weighted by Crippen LogP contribution is -2.43. The fraction of sp³-hybridized carbons (Fsp3) is 0.769. The first-order chi connectivity index (χ1) is 9.28. The Kier molecular flexibility index (Phi) is 3.83. The van der Waals surface area contributed by atoms with Gasteiger partial charge in [-0.3, -0.25) is 9.58 Å². The Morgan fingerprint density at radius 2 is 2.16 bits per heavy atom. The van der Waals surface area contributed by atoms with Crippen LogP contribution in [0.3, 0.4) is 0 Å². The maximum Gasteiger partial charge on any atom is 0.121 e. The fourth-order valence-corrected chi connectivity index (χ4v) is 2.93. The summed E-state index contributed by atoms with van der Waals surface area (Å²) in [6, 6.07) is 2.51. The van der Waals surface area contributed by atoms with Gasteiger partial charge >= 0.3 is 0 Å². The fourth-order valence-electron chi connectivity index (χ4n) is 2.93. The summed E-state index contributed by atoms with van der Waals surface area (Å²) in [6.45, 7) is 4.15. The number of fused-ring (bicyclic) bond motifs is 1. The minimum Gasteiger partial charge on any atom is -0.393 e. The molecule has 6 heteroatoms. The molecule has 1 fully saturated rings. The summed E-state index contributed by atoms with van der Waals surface area (Å²) in [5.41, 5.74) is 1.70. The van der Waals surface area contributed by atoms with Gasteiger partial charge in [0.15, 0.2) is 0 Å². The summed E-state index contributed by atoms with van der Waals surface area (Å²) in [5, 5.41) is 23.0. The van der Waals surface area contributed by atoms with Crippen LogP contribution in [0.15, 0.2) is 6.07 Å². The average Bonchev–Trinajstić information content (AvgIpc) is 2.90. The molecule has 0 radical (unpaired) electrons. The van der Waals surface area contributed by atoms with Gasteiger partial charge in [0.25, 0.3) is 0 Å². The Morgan fingerprint density at radius 1 is 1.37 bits per heavy atom. The van der Waals surface area contributed by atoms with Gasteiger partial charge in [0.2, 0.25) is 0 Å². The van der Waals surface area contributed by atoms with Gasteiger partial charge in [0.05, 0.1) is 24.5 Å². The summed E-state index contributed by atoms with van der Waals surface area (Å²) in [7, 11) is 0. The first-order valence-electron chi connectivity index (χ1n) is 6.95. The number of nitrogens with zero attached hydrogens (tertiary/aromatic N) is 3. The zero-order chi connectivity index (χ0) is 13.2. The SMILES string of the molecule is OC[C@H](O)c1cc2n(n1)CCN(C1CCOCC1)C2. The van der Waals surface area contributed by atoms with Crippen molar-refractivity contribution in [2.45, 2.75) is 38.1 Å². The van der Waals surface area contributed by atoms with E-state index in [0.29, 0.717) is 11.7 Å². The summed E-state index contributed by atoms with van der Waals surface area (Å²) in [5.74, 6) is 0. The maximum absolute atomic E-state index is 9.64. The van der Waals surface area contributed by atoms with Crippen LogP contribution in [0, 0.1) is 0 Å². The molecule has 2 aliphatic rings. The molecule has 3 rings (SSSR count). The number of ether oxygens (including phenoxy) is 1. The summed E-state index contributed by atoms with van der Waals surface area (Å²) in [4.78, 5) is 2.48. The van der Waals surface area contributed by atoms with E-state index in [1.54, 1.807) is 0 Å². The molecule has 0 bridgehead atoms. The van der Waals surface area contributed by atoms with E-state index in [4.69, 9.17) is 9.84 Å². The van der Waals surface area contributed by atoms with Crippen molar-refractivity contribution in [1.29, 1.82) is 0 Å². The van der Waals surface area contributed by atoms with E-state index >= 15 is 0 Å². The van der Waals surface area contributed by atoms with Gasteiger partial charge in [-0.15, -0.1) is 0 Å². The highest BCUT2D eigenvalue weighted by atomic mass is 16.5. The van der Waals surface area contributed by atoms with Crippen LogP contribution in [0.25, 0.3) is 0 Å². The van der Waals surface area contributed by atoms with Crippen molar-refractivity contribution >= 4 is 0 Å². The third kappa shape index (κ3) is 2.67. The van der Waals surface area contributed by atoms with E-state index in [-0.39, 0.29) is 6.61 Å². The molecular weight excluding hydrogens is 246 g/mol. The highest BCUT2D eigenvalue weighted by Gasteiger charge is 2.26. The highest BCUT2D eigenvalue weighted by Crippen LogP contribution is 2.22. The lowest BCUT2D eigenvalue weighted by atomic mass is 10.1. The zero-order valence-electron chi connectivity index (χ0n) is 11.0. The standard InChI is InChI=1S/C13H21N3O3/c17-9-13(18)12-7-11-8-15(3-4-16(11)14-12)10-1-5-19-6-2-10/h7,10,13,17-18H,1-6,8-9H2/t13-/m0/s1. The van der Waals surface area contributed by atoms with Gasteiger partial charge in [-0.1, -0.05) is 0 Å². The van der Waals surface area contributed by atoms with Crippen molar-refractivity contribution in [2.24, 2.45) is 0 Å². The van der Waals surface area contributed by atoms with Crippen LogP contribution in [0.2, 0.25) is 0 Å². The predicted molar refractivity (Wildman–Crippen MR) is 68.5 cm³/mol. The average molecular weight is 267 g/mol. The highest BCUT2D eigenvalue weighted by molar-refractivity contribution is 5.14. The van der Waals surface area contributed by atoms with Gasteiger partial charge < -0.3 is 14.9 Å². The van der Waals surface area contributed by atoms with Crippen molar-refractivity contribution in [3.05, 3.63) is 17.5 Å². The molecule has 0 unspecified atom stereocenters. The summed E-state index contributed by atoms with van der Waals surface area (Å²) in [6.07, 6.45) is 1.33. The Hall–Kier alpha value is -0.950. The van der Waals surface area contributed by atoms with Crippen molar-refractivity contribution in [2.75, 3.05) is 26.4 Å². The molecule has 1 saturated heterocycles. The van der Waals surface area contributed by atoms with Crippen LogP contribution in [0.5, 0.6) is 0 Å². The molecule has 19 heavy (non-hydrogen) atoms. The second kappa shape index (κ2) is 5.58. The van der Waals surface area contributed by atoms with Gasteiger partial charge in [0, 0.05) is 32.3 Å². The zero-order valence-corrected chi connectivity index (χ0v) is 11.0. The minimum absolute atomic E-state index is 0.278. The summed E-state index contributed by atoms with van der Waals surface area (Å²) >= 11 is 0. The van der Waals surface area contributed by atoms with E-state index in [1.165, 1.54) is 0 Å². The van der Waals surface area contributed by atoms with Crippen LogP contribution in [0.4, 0.5) is 0 Å². The molecular formula is C13H21N3O3. The van der Waals surface area contributed by atoms with E-state index in [0.717, 1.165) is 51.4 Å². The largest absolute Gasteiger partial charge is 0.393 e. The lowest BCUT2D eigenvalue weighted by Gasteiger charge is -2.36. The molecule has 6 nitrogen and oxygen atoms in total. The first-order valence-corrected chi connectivity index (χ1v) is 6.95. The summed E-state index contributed by atoms with van der Waals surface area (Å²) < 4.78 is 7.35. The molecule has 0 saturated carbocycles. The predicted octanol–water partition coefficient (Wildman–Crippen LogP) is -0.0966.